The summed E-state index contributed by atoms with van der Waals surface area (Å²) in [6, 6.07) is 6.32. The molecule has 0 spiro atoms. The number of nitrogens with one attached hydrogen (secondary N) is 1. The van der Waals surface area contributed by atoms with Crippen molar-refractivity contribution in [1.82, 2.24) is 4.72 Å². The molecule has 4 heteroatoms. The molecule has 0 unspecified atom stereocenters. The minimum Gasteiger partial charge on any atom is -0.478 e. The van der Waals surface area contributed by atoms with Crippen molar-refractivity contribution in [3.63, 3.8) is 0 Å². The molecule has 1 aromatic carbocycles. The van der Waals surface area contributed by atoms with E-state index in [9.17, 15) is 9.90 Å². The molecule has 0 aliphatic rings. The first-order valence-corrected chi connectivity index (χ1v) is 9.85. The molecule has 0 bridgehead atoms. The first kappa shape index (κ1) is 22.1. The molecule has 0 heterocycles. The fourth-order valence-electron chi connectivity index (χ4n) is 2.45. The number of unbranched alkanes of at least 4 members (excludes halogenated alkanes) is 1. The number of hydrogen-bond acceptors (Lipinski definition) is 3. The molecule has 2 N–H and O–H groups in total. The number of rotatable bonds is 9. The quantitative estimate of drug-likeness (QED) is 0.302. The van der Waals surface area contributed by atoms with Crippen LogP contribution in [0.2, 0.25) is 0 Å². The van der Waals surface area contributed by atoms with E-state index in [4.69, 9.17) is 0 Å². The zero-order valence-corrected chi connectivity index (χ0v) is 17.4. The van der Waals surface area contributed by atoms with Gasteiger partial charge in [-0.1, -0.05) is 65.0 Å². The van der Waals surface area contributed by atoms with E-state index in [1.54, 1.807) is 0 Å². The molecule has 26 heavy (non-hydrogen) atoms. The maximum atomic E-state index is 11.7. The first-order valence-electron chi connectivity index (χ1n) is 9.03. The standard InChI is InChI=1S/C22H31NO2S/c1-7-10-12-18(21(24)25)19(11-8-2)23-26-20-14-13-17(22(4,5)6)15-16(20)9-3/h8-9,11,13-15,23H,3,7,10,12H2,1-2,4-6H3,(H,24,25)/b11-8-,19-18-. The minimum atomic E-state index is -0.869. The highest BCUT2D eigenvalue weighted by atomic mass is 32.2. The van der Waals surface area contributed by atoms with Gasteiger partial charge in [-0.15, -0.1) is 0 Å². The average Bonchev–Trinajstić information content (AvgIpc) is 2.58. The van der Waals surface area contributed by atoms with Crippen LogP contribution in [-0.2, 0) is 10.2 Å². The predicted molar refractivity (Wildman–Crippen MR) is 113 cm³/mol. The van der Waals surface area contributed by atoms with Crippen LogP contribution in [0.3, 0.4) is 0 Å². The molecule has 0 saturated heterocycles. The van der Waals surface area contributed by atoms with Crippen LogP contribution in [0, 0.1) is 0 Å². The Morgan fingerprint density at radius 1 is 1.35 bits per heavy atom. The Hall–Kier alpha value is -1.94. The number of hydrogen-bond donors (Lipinski definition) is 2. The molecular formula is C22H31NO2S. The van der Waals surface area contributed by atoms with E-state index in [-0.39, 0.29) is 5.41 Å². The highest BCUT2D eigenvalue weighted by Crippen LogP contribution is 2.30. The molecule has 1 rings (SSSR count). The summed E-state index contributed by atoms with van der Waals surface area (Å²) in [4.78, 5) is 12.7. The average molecular weight is 374 g/mol. The summed E-state index contributed by atoms with van der Waals surface area (Å²) in [5.74, 6) is -0.869. The van der Waals surface area contributed by atoms with E-state index in [1.807, 2.05) is 25.2 Å². The molecule has 1 aromatic rings. The highest BCUT2D eigenvalue weighted by molar-refractivity contribution is 7.97. The van der Waals surface area contributed by atoms with Gasteiger partial charge in [-0.3, -0.25) is 0 Å². The lowest BCUT2D eigenvalue weighted by atomic mass is 9.86. The van der Waals surface area contributed by atoms with Gasteiger partial charge in [0, 0.05) is 4.90 Å². The molecule has 0 aromatic heterocycles. The van der Waals surface area contributed by atoms with Crippen molar-refractivity contribution in [2.75, 3.05) is 0 Å². The second kappa shape index (κ2) is 10.3. The van der Waals surface area contributed by atoms with Gasteiger partial charge in [0.25, 0.3) is 0 Å². The number of carboxylic acids is 1. The Labute approximate surface area is 162 Å². The Morgan fingerprint density at radius 3 is 2.54 bits per heavy atom. The van der Waals surface area contributed by atoms with Gasteiger partial charge in [0.1, 0.15) is 0 Å². The van der Waals surface area contributed by atoms with Crippen LogP contribution in [0.15, 0.2) is 53.1 Å². The van der Waals surface area contributed by atoms with Crippen molar-refractivity contribution in [3.05, 3.63) is 59.3 Å². The van der Waals surface area contributed by atoms with E-state index >= 15 is 0 Å². The topological polar surface area (TPSA) is 49.3 Å². The van der Waals surface area contributed by atoms with Gasteiger partial charge >= 0.3 is 5.97 Å². The second-order valence-corrected chi connectivity index (χ2v) is 8.06. The fraction of sp³-hybridized carbons (Fsp3) is 0.409. The fourth-order valence-corrected chi connectivity index (χ4v) is 3.26. The van der Waals surface area contributed by atoms with Gasteiger partial charge < -0.3 is 9.83 Å². The third kappa shape index (κ3) is 6.41. The number of carbonyl (C=O) groups is 1. The predicted octanol–water partition coefficient (Wildman–Crippen LogP) is 6.33. The van der Waals surface area contributed by atoms with Gasteiger partial charge in [0.15, 0.2) is 0 Å². The Balaban J connectivity index is 3.13. The molecule has 0 atom stereocenters. The van der Waals surface area contributed by atoms with Gasteiger partial charge in [-0.2, -0.15) is 0 Å². The lowest BCUT2D eigenvalue weighted by molar-refractivity contribution is -0.132. The number of benzene rings is 1. The van der Waals surface area contributed by atoms with Gasteiger partial charge in [-0.25, -0.2) is 4.79 Å². The molecule has 0 aliphatic carbocycles. The molecule has 0 saturated carbocycles. The molecule has 0 radical (unpaired) electrons. The Kier molecular flexibility index (Phi) is 8.73. The first-order chi connectivity index (χ1) is 12.2. The summed E-state index contributed by atoms with van der Waals surface area (Å²) >= 11 is 1.42. The van der Waals surface area contributed by atoms with Crippen molar-refractivity contribution in [2.45, 2.75) is 64.2 Å². The van der Waals surface area contributed by atoms with Crippen LogP contribution < -0.4 is 4.72 Å². The Bertz CT molecular complexity index is 697. The number of aliphatic carboxylic acids is 1. The van der Waals surface area contributed by atoms with Crippen molar-refractivity contribution in [2.24, 2.45) is 0 Å². The van der Waals surface area contributed by atoms with E-state index in [1.165, 1.54) is 17.5 Å². The van der Waals surface area contributed by atoms with Crippen LogP contribution in [0.1, 0.15) is 65.0 Å². The van der Waals surface area contributed by atoms with Crippen molar-refractivity contribution in [3.8, 4) is 0 Å². The summed E-state index contributed by atoms with van der Waals surface area (Å²) in [7, 11) is 0. The smallest absolute Gasteiger partial charge is 0.333 e. The summed E-state index contributed by atoms with van der Waals surface area (Å²) < 4.78 is 3.24. The van der Waals surface area contributed by atoms with Crippen LogP contribution in [-0.4, -0.2) is 11.1 Å². The normalized spacial score (nSPS) is 12.8. The van der Waals surface area contributed by atoms with E-state index in [2.05, 4.69) is 57.2 Å². The molecule has 0 fully saturated rings. The van der Waals surface area contributed by atoms with Crippen LogP contribution in [0.5, 0.6) is 0 Å². The Morgan fingerprint density at radius 2 is 2.04 bits per heavy atom. The number of carboxylic acid groups (broad SMARTS) is 1. The van der Waals surface area contributed by atoms with Crippen LogP contribution >= 0.6 is 11.9 Å². The zero-order valence-electron chi connectivity index (χ0n) is 16.6. The third-order valence-corrected chi connectivity index (χ3v) is 4.98. The maximum Gasteiger partial charge on any atom is 0.333 e. The molecule has 0 amide bonds. The molecule has 142 valence electrons. The van der Waals surface area contributed by atoms with E-state index in [0.29, 0.717) is 17.7 Å². The van der Waals surface area contributed by atoms with Crippen molar-refractivity contribution < 1.29 is 9.90 Å². The molecular weight excluding hydrogens is 342 g/mol. The number of allylic oxidation sites excluding steroid dienone is 2. The summed E-state index contributed by atoms with van der Waals surface area (Å²) in [5, 5.41) is 9.56. The molecule has 0 aliphatic heterocycles. The van der Waals surface area contributed by atoms with Gasteiger partial charge in [0.2, 0.25) is 0 Å². The highest BCUT2D eigenvalue weighted by Gasteiger charge is 2.16. The summed E-state index contributed by atoms with van der Waals surface area (Å²) in [6.45, 7) is 14.4. The molecule has 3 nitrogen and oxygen atoms in total. The van der Waals surface area contributed by atoms with Crippen LogP contribution in [0.4, 0.5) is 0 Å². The monoisotopic (exact) mass is 373 g/mol. The van der Waals surface area contributed by atoms with E-state index in [0.717, 1.165) is 23.3 Å². The van der Waals surface area contributed by atoms with Crippen molar-refractivity contribution >= 4 is 24.0 Å². The largest absolute Gasteiger partial charge is 0.478 e. The zero-order chi connectivity index (χ0) is 19.7. The third-order valence-electron chi connectivity index (χ3n) is 4.06. The lowest BCUT2D eigenvalue weighted by Gasteiger charge is -2.21. The maximum absolute atomic E-state index is 11.7. The van der Waals surface area contributed by atoms with Crippen LogP contribution in [0.25, 0.3) is 6.08 Å². The van der Waals surface area contributed by atoms with Crippen molar-refractivity contribution in [1.29, 1.82) is 0 Å². The second-order valence-electron chi connectivity index (χ2n) is 7.21. The lowest BCUT2D eigenvalue weighted by Crippen LogP contribution is -2.13. The van der Waals surface area contributed by atoms with Gasteiger partial charge in [0.05, 0.1) is 11.3 Å². The van der Waals surface area contributed by atoms with E-state index < -0.39 is 5.97 Å². The van der Waals surface area contributed by atoms with Gasteiger partial charge in [-0.05, 0) is 60.4 Å². The SMILES string of the molecule is C=Cc1cc(C(C)(C)C)ccc1SNC(/C=C\C)=C(/CCCC)C(=O)O. The summed E-state index contributed by atoms with van der Waals surface area (Å²) in [5.41, 5.74) is 3.42. The minimum absolute atomic E-state index is 0.0705. The summed E-state index contributed by atoms with van der Waals surface area (Å²) in [6.07, 6.45) is 7.89.